The van der Waals surface area contributed by atoms with E-state index in [0.717, 1.165) is 37.9 Å². The first kappa shape index (κ1) is 11.6. The van der Waals surface area contributed by atoms with E-state index >= 15 is 0 Å². The monoisotopic (exact) mass is 231 g/mol. The summed E-state index contributed by atoms with van der Waals surface area (Å²) in [5.41, 5.74) is 1.63. The number of aromatic amines is 1. The molecule has 0 amide bonds. The number of hydrogen-bond acceptors (Lipinski definition) is 3. The molecular formula is C13H17N3O. The lowest BCUT2D eigenvalue weighted by molar-refractivity contribution is 0.112. The fraction of sp³-hybridized carbons (Fsp3) is 0.385. The van der Waals surface area contributed by atoms with Crippen molar-refractivity contribution < 1.29 is 4.79 Å². The number of hydrogen-bond donors (Lipinski definition) is 1. The lowest BCUT2D eigenvalue weighted by Gasteiger charge is -2.23. The van der Waals surface area contributed by atoms with Crippen LogP contribution in [0.1, 0.15) is 30.1 Å². The molecule has 4 nitrogen and oxygen atoms in total. The first-order valence-corrected chi connectivity index (χ1v) is 5.96. The highest BCUT2D eigenvalue weighted by atomic mass is 16.1. The van der Waals surface area contributed by atoms with Crippen LogP contribution in [0.15, 0.2) is 29.5 Å². The SMILES string of the molecule is CCCN1C=CC(=Nc2[nH]ccc2C=O)CC1. The lowest BCUT2D eigenvalue weighted by atomic mass is 10.2. The number of aromatic nitrogens is 1. The van der Waals surface area contributed by atoms with Crippen LogP contribution in [0.3, 0.4) is 0 Å². The van der Waals surface area contributed by atoms with Crippen LogP contribution in [-0.4, -0.2) is 35.0 Å². The molecule has 90 valence electrons. The standard InChI is InChI=1S/C13H17N3O/c1-2-7-16-8-4-12(5-9-16)15-13-11(10-17)3-6-14-13/h3-4,6,8,10,14H,2,5,7,9H2,1H3. The molecule has 1 aromatic rings. The predicted molar refractivity (Wildman–Crippen MR) is 68.9 cm³/mol. The van der Waals surface area contributed by atoms with E-state index < -0.39 is 0 Å². The third-order valence-corrected chi connectivity index (χ3v) is 2.78. The fourth-order valence-corrected chi connectivity index (χ4v) is 1.88. The van der Waals surface area contributed by atoms with E-state index in [0.29, 0.717) is 11.4 Å². The maximum Gasteiger partial charge on any atom is 0.153 e. The van der Waals surface area contributed by atoms with Crippen LogP contribution >= 0.6 is 0 Å². The summed E-state index contributed by atoms with van der Waals surface area (Å²) < 4.78 is 0. The molecule has 0 aliphatic carbocycles. The number of nitrogens with one attached hydrogen (secondary N) is 1. The smallest absolute Gasteiger partial charge is 0.153 e. The Bertz CT molecular complexity index is 445. The summed E-state index contributed by atoms with van der Waals surface area (Å²) in [6.07, 6.45) is 8.74. The highest BCUT2D eigenvalue weighted by Gasteiger charge is 2.08. The van der Waals surface area contributed by atoms with Crippen LogP contribution in [0, 0.1) is 0 Å². The third-order valence-electron chi connectivity index (χ3n) is 2.78. The van der Waals surface area contributed by atoms with Gasteiger partial charge in [-0.3, -0.25) is 4.79 Å². The minimum Gasteiger partial charge on any atom is -0.377 e. The second-order valence-corrected chi connectivity index (χ2v) is 4.10. The predicted octanol–water partition coefficient (Wildman–Crippen LogP) is 2.53. The maximum atomic E-state index is 10.8. The maximum absolute atomic E-state index is 10.8. The molecule has 0 fully saturated rings. The van der Waals surface area contributed by atoms with Gasteiger partial charge in [-0.05, 0) is 18.6 Å². The van der Waals surface area contributed by atoms with Gasteiger partial charge in [0.1, 0.15) is 5.82 Å². The van der Waals surface area contributed by atoms with Gasteiger partial charge >= 0.3 is 0 Å². The van der Waals surface area contributed by atoms with Gasteiger partial charge < -0.3 is 9.88 Å². The zero-order valence-corrected chi connectivity index (χ0v) is 10.0. The Labute approximate surface area is 101 Å². The summed E-state index contributed by atoms with van der Waals surface area (Å²) >= 11 is 0. The van der Waals surface area contributed by atoms with Crippen molar-refractivity contribution in [3.8, 4) is 0 Å². The number of H-pyrrole nitrogens is 1. The van der Waals surface area contributed by atoms with Crippen molar-refractivity contribution in [2.24, 2.45) is 4.99 Å². The van der Waals surface area contributed by atoms with Gasteiger partial charge in [-0.2, -0.15) is 0 Å². The average Bonchev–Trinajstić information content (AvgIpc) is 2.79. The Morgan fingerprint density at radius 2 is 2.47 bits per heavy atom. The first-order chi connectivity index (χ1) is 8.33. The summed E-state index contributed by atoms with van der Waals surface area (Å²) in [5, 5.41) is 0. The minimum absolute atomic E-state index is 0.613. The van der Waals surface area contributed by atoms with Crippen LogP contribution in [0.5, 0.6) is 0 Å². The van der Waals surface area contributed by atoms with Gasteiger partial charge in [0, 0.05) is 37.6 Å². The zero-order chi connectivity index (χ0) is 12.1. The summed E-state index contributed by atoms with van der Waals surface area (Å²) in [6, 6.07) is 1.74. The number of carbonyl (C=O) groups excluding carboxylic acids is 1. The molecule has 1 aliphatic heterocycles. The second-order valence-electron chi connectivity index (χ2n) is 4.10. The van der Waals surface area contributed by atoms with Crippen LogP contribution < -0.4 is 0 Å². The third kappa shape index (κ3) is 2.84. The Morgan fingerprint density at radius 1 is 1.59 bits per heavy atom. The van der Waals surface area contributed by atoms with E-state index in [1.807, 2.05) is 6.08 Å². The largest absolute Gasteiger partial charge is 0.377 e. The van der Waals surface area contributed by atoms with Crippen molar-refractivity contribution >= 4 is 17.8 Å². The molecule has 2 heterocycles. The molecule has 17 heavy (non-hydrogen) atoms. The molecule has 0 saturated carbocycles. The van der Waals surface area contributed by atoms with Gasteiger partial charge in [-0.15, -0.1) is 0 Å². The highest BCUT2D eigenvalue weighted by Crippen LogP contribution is 2.16. The molecule has 4 heteroatoms. The van der Waals surface area contributed by atoms with Crippen molar-refractivity contribution in [3.63, 3.8) is 0 Å². The minimum atomic E-state index is 0.613. The molecule has 0 aromatic carbocycles. The molecular weight excluding hydrogens is 214 g/mol. The summed E-state index contributed by atoms with van der Waals surface area (Å²) in [7, 11) is 0. The number of nitrogens with zero attached hydrogens (tertiary/aromatic N) is 2. The van der Waals surface area contributed by atoms with Crippen LogP contribution in [0.4, 0.5) is 5.82 Å². The molecule has 2 rings (SSSR count). The number of aldehydes is 1. The molecule has 1 aromatic heterocycles. The highest BCUT2D eigenvalue weighted by molar-refractivity contribution is 5.98. The lowest BCUT2D eigenvalue weighted by Crippen LogP contribution is -2.25. The summed E-state index contributed by atoms with van der Waals surface area (Å²) in [6.45, 7) is 4.26. The topological polar surface area (TPSA) is 48.5 Å². The van der Waals surface area contributed by atoms with E-state index in [2.05, 4.69) is 28.0 Å². The normalized spacial score (nSPS) is 17.7. The quantitative estimate of drug-likeness (QED) is 0.809. The average molecular weight is 231 g/mol. The zero-order valence-electron chi connectivity index (χ0n) is 10.0. The van der Waals surface area contributed by atoms with Crippen molar-refractivity contribution in [3.05, 3.63) is 30.1 Å². The summed E-state index contributed by atoms with van der Waals surface area (Å²) in [4.78, 5) is 20.5. The van der Waals surface area contributed by atoms with E-state index in [9.17, 15) is 4.79 Å². The van der Waals surface area contributed by atoms with Crippen LogP contribution in [0.25, 0.3) is 0 Å². The van der Waals surface area contributed by atoms with Gasteiger partial charge in [-0.25, -0.2) is 4.99 Å². The van der Waals surface area contributed by atoms with Gasteiger partial charge in [0.05, 0.1) is 5.56 Å². The molecule has 1 aliphatic rings. The number of rotatable bonds is 4. The molecule has 0 radical (unpaired) electrons. The Kier molecular flexibility index (Phi) is 3.75. The van der Waals surface area contributed by atoms with E-state index in [1.54, 1.807) is 12.3 Å². The molecule has 0 bridgehead atoms. The molecule has 0 spiro atoms. The first-order valence-electron chi connectivity index (χ1n) is 5.96. The second kappa shape index (κ2) is 5.48. The van der Waals surface area contributed by atoms with Crippen molar-refractivity contribution in [1.29, 1.82) is 0 Å². The van der Waals surface area contributed by atoms with Crippen molar-refractivity contribution in [2.45, 2.75) is 19.8 Å². The van der Waals surface area contributed by atoms with Gasteiger partial charge in [-0.1, -0.05) is 6.92 Å². The van der Waals surface area contributed by atoms with Crippen LogP contribution in [0.2, 0.25) is 0 Å². The molecule has 0 atom stereocenters. The van der Waals surface area contributed by atoms with Crippen LogP contribution in [-0.2, 0) is 0 Å². The van der Waals surface area contributed by atoms with Crippen molar-refractivity contribution in [2.75, 3.05) is 13.1 Å². The molecule has 0 saturated heterocycles. The Morgan fingerprint density at radius 3 is 3.12 bits per heavy atom. The van der Waals surface area contributed by atoms with Gasteiger partial charge in [0.2, 0.25) is 0 Å². The number of allylic oxidation sites excluding steroid dienone is 1. The number of aliphatic imine (C=N–C) groups is 1. The molecule has 1 N–H and O–H groups in total. The van der Waals surface area contributed by atoms with E-state index in [1.165, 1.54) is 0 Å². The Hall–Kier alpha value is -1.84. The van der Waals surface area contributed by atoms with Gasteiger partial charge in [0.25, 0.3) is 0 Å². The molecule has 0 unspecified atom stereocenters. The van der Waals surface area contributed by atoms with E-state index in [-0.39, 0.29) is 0 Å². The van der Waals surface area contributed by atoms with Gasteiger partial charge in [0.15, 0.2) is 6.29 Å². The number of carbonyl (C=O) groups is 1. The van der Waals surface area contributed by atoms with Crippen molar-refractivity contribution in [1.82, 2.24) is 9.88 Å². The summed E-state index contributed by atoms with van der Waals surface area (Å²) in [5.74, 6) is 0.656. The fourth-order valence-electron chi connectivity index (χ4n) is 1.88. The van der Waals surface area contributed by atoms with E-state index in [4.69, 9.17) is 0 Å². The Balaban J connectivity index is 2.09.